The molecule has 164 valence electrons. The van der Waals surface area contributed by atoms with E-state index in [4.69, 9.17) is 12.2 Å². The van der Waals surface area contributed by atoms with E-state index < -0.39 is 0 Å². The van der Waals surface area contributed by atoms with Crippen molar-refractivity contribution in [2.75, 3.05) is 5.32 Å². The fourth-order valence-electron chi connectivity index (χ4n) is 3.43. The number of rotatable bonds is 6. The van der Waals surface area contributed by atoms with Crippen LogP contribution in [0.25, 0.3) is 11.7 Å². The molecule has 8 heteroatoms. The zero-order valence-corrected chi connectivity index (χ0v) is 19.8. The molecule has 32 heavy (non-hydrogen) atoms. The first-order valence-electron chi connectivity index (χ1n) is 10.5. The van der Waals surface area contributed by atoms with Gasteiger partial charge in [0.25, 0.3) is 11.5 Å². The lowest BCUT2D eigenvalue weighted by Gasteiger charge is -2.21. The van der Waals surface area contributed by atoms with Crippen molar-refractivity contribution in [1.29, 1.82) is 0 Å². The predicted molar refractivity (Wildman–Crippen MR) is 135 cm³/mol. The maximum absolute atomic E-state index is 13.3. The van der Waals surface area contributed by atoms with Crippen molar-refractivity contribution in [3.8, 4) is 0 Å². The number of thiocarbonyl (C=S) groups is 1. The van der Waals surface area contributed by atoms with E-state index in [1.165, 1.54) is 21.7 Å². The van der Waals surface area contributed by atoms with Crippen molar-refractivity contribution >= 4 is 51.7 Å². The Bertz CT molecular complexity index is 1280. The summed E-state index contributed by atoms with van der Waals surface area (Å²) < 4.78 is 2.00. The minimum atomic E-state index is -0.240. The van der Waals surface area contributed by atoms with Crippen LogP contribution in [0.5, 0.6) is 0 Å². The molecule has 3 aromatic rings. The Morgan fingerprint density at radius 1 is 1.19 bits per heavy atom. The highest BCUT2D eigenvalue weighted by atomic mass is 32.2. The van der Waals surface area contributed by atoms with Crippen LogP contribution in [0.1, 0.15) is 37.0 Å². The maximum atomic E-state index is 13.3. The number of carbonyl (C=O) groups is 1. The van der Waals surface area contributed by atoms with E-state index in [2.05, 4.69) is 10.3 Å². The van der Waals surface area contributed by atoms with Gasteiger partial charge in [0.2, 0.25) is 0 Å². The van der Waals surface area contributed by atoms with Crippen LogP contribution in [0.4, 0.5) is 5.82 Å². The SMILES string of the molecule is CC[C@H](C)N1C(=O)/C(=C/c2c(NCc3ccc(C)cc3)nc3ccccn3c2=O)SC1=S. The van der Waals surface area contributed by atoms with Gasteiger partial charge >= 0.3 is 0 Å². The Balaban J connectivity index is 1.76. The Morgan fingerprint density at radius 3 is 2.66 bits per heavy atom. The smallest absolute Gasteiger partial charge is 0.267 e. The quantitative estimate of drug-likeness (QED) is 0.424. The molecule has 0 saturated carbocycles. The largest absolute Gasteiger partial charge is 0.365 e. The fraction of sp³-hybridized carbons (Fsp3) is 0.250. The summed E-state index contributed by atoms with van der Waals surface area (Å²) in [5, 5.41) is 3.29. The van der Waals surface area contributed by atoms with Gasteiger partial charge in [0.15, 0.2) is 0 Å². The molecule has 1 atom stereocenters. The molecule has 1 fully saturated rings. The van der Waals surface area contributed by atoms with Crippen LogP contribution in [0.15, 0.2) is 58.4 Å². The highest BCUT2D eigenvalue weighted by molar-refractivity contribution is 8.26. The summed E-state index contributed by atoms with van der Waals surface area (Å²) in [4.78, 5) is 33.1. The minimum absolute atomic E-state index is 0.00311. The van der Waals surface area contributed by atoms with E-state index in [0.717, 1.165) is 12.0 Å². The number of pyridine rings is 1. The van der Waals surface area contributed by atoms with Gasteiger partial charge in [0, 0.05) is 18.8 Å². The second-order valence-electron chi connectivity index (χ2n) is 7.76. The Hall–Kier alpha value is -2.97. The number of thioether (sulfide) groups is 1. The van der Waals surface area contributed by atoms with Gasteiger partial charge in [-0.05, 0) is 44.0 Å². The van der Waals surface area contributed by atoms with E-state index in [-0.39, 0.29) is 17.5 Å². The summed E-state index contributed by atoms with van der Waals surface area (Å²) in [6.45, 7) is 6.52. The molecule has 1 aromatic carbocycles. The van der Waals surface area contributed by atoms with E-state index in [0.29, 0.717) is 32.8 Å². The molecule has 4 rings (SSSR count). The Labute approximate surface area is 196 Å². The molecule has 0 spiro atoms. The van der Waals surface area contributed by atoms with Crippen LogP contribution < -0.4 is 10.9 Å². The summed E-state index contributed by atoms with van der Waals surface area (Å²) in [7, 11) is 0. The van der Waals surface area contributed by atoms with E-state index in [1.807, 2.05) is 51.1 Å². The average molecular weight is 465 g/mol. The monoisotopic (exact) mass is 464 g/mol. The molecule has 0 unspecified atom stereocenters. The first kappa shape index (κ1) is 22.2. The third kappa shape index (κ3) is 4.33. The van der Waals surface area contributed by atoms with Crippen LogP contribution in [-0.4, -0.2) is 30.6 Å². The third-order valence-electron chi connectivity index (χ3n) is 5.48. The number of hydrogen-bond acceptors (Lipinski definition) is 6. The van der Waals surface area contributed by atoms with Crippen molar-refractivity contribution in [1.82, 2.24) is 14.3 Å². The lowest BCUT2D eigenvalue weighted by atomic mass is 10.1. The average Bonchev–Trinajstić information content (AvgIpc) is 3.07. The lowest BCUT2D eigenvalue weighted by molar-refractivity contribution is -0.123. The zero-order chi connectivity index (χ0) is 22.8. The summed E-state index contributed by atoms with van der Waals surface area (Å²) in [6, 6.07) is 13.6. The number of nitrogens with zero attached hydrogens (tertiary/aromatic N) is 3. The van der Waals surface area contributed by atoms with Crippen molar-refractivity contribution < 1.29 is 4.79 Å². The standard InChI is InChI=1S/C24H24N4O2S2/c1-4-16(3)28-23(30)19(32-24(28)31)13-18-21(25-14-17-10-8-15(2)9-11-17)26-20-7-5-6-12-27(20)22(18)29/h5-13,16,25H,4,14H2,1-3H3/b19-13-/t16-/m0/s1. The highest BCUT2D eigenvalue weighted by Crippen LogP contribution is 2.34. The molecule has 1 amide bonds. The number of carbonyl (C=O) groups excluding carboxylic acids is 1. The number of aromatic nitrogens is 2. The van der Waals surface area contributed by atoms with Gasteiger partial charge in [-0.1, -0.05) is 66.8 Å². The van der Waals surface area contributed by atoms with Gasteiger partial charge in [0.05, 0.1) is 10.5 Å². The van der Waals surface area contributed by atoms with Crippen molar-refractivity contribution in [2.45, 2.75) is 39.8 Å². The lowest BCUT2D eigenvalue weighted by Crippen LogP contribution is -2.36. The second-order valence-corrected chi connectivity index (χ2v) is 9.43. The number of amides is 1. The number of aryl methyl sites for hydroxylation is 1. The Morgan fingerprint density at radius 2 is 1.94 bits per heavy atom. The molecule has 0 bridgehead atoms. The normalized spacial score (nSPS) is 16.2. The summed E-state index contributed by atoms with van der Waals surface area (Å²) in [6.07, 6.45) is 4.09. The van der Waals surface area contributed by atoms with Crippen LogP contribution in [0, 0.1) is 6.92 Å². The molecular formula is C24H24N4O2S2. The molecule has 1 aliphatic rings. The third-order valence-corrected chi connectivity index (χ3v) is 6.81. The van der Waals surface area contributed by atoms with Crippen LogP contribution >= 0.6 is 24.0 Å². The van der Waals surface area contributed by atoms with Gasteiger partial charge in [0.1, 0.15) is 15.8 Å². The number of hydrogen-bond donors (Lipinski definition) is 1. The molecular weight excluding hydrogens is 440 g/mol. The zero-order valence-electron chi connectivity index (χ0n) is 18.2. The highest BCUT2D eigenvalue weighted by Gasteiger charge is 2.35. The van der Waals surface area contributed by atoms with Gasteiger partial charge in [-0.15, -0.1) is 0 Å². The van der Waals surface area contributed by atoms with Gasteiger partial charge in [-0.3, -0.25) is 18.9 Å². The topological polar surface area (TPSA) is 66.7 Å². The second kappa shape index (κ2) is 9.26. The first-order valence-corrected chi connectivity index (χ1v) is 11.7. The molecule has 0 aliphatic carbocycles. The van der Waals surface area contributed by atoms with E-state index >= 15 is 0 Å². The maximum Gasteiger partial charge on any atom is 0.267 e. The van der Waals surface area contributed by atoms with Crippen LogP contribution in [0.3, 0.4) is 0 Å². The summed E-state index contributed by atoms with van der Waals surface area (Å²) in [5.74, 6) is 0.270. The first-order chi connectivity index (χ1) is 15.4. The molecule has 2 aromatic heterocycles. The van der Waals surface area contributed by atoms with E-state index in [9.17, 15) is 9.59 Å². The van der Waals surface area contributed by atoms with Crippen molar-refractivity contribution in [2.24, 2.45) is 0 Å². The summed E-state index contributed by atoms with van der Waals surface area (Å²) >= 11 is 6.66. The van der Waals surface area contributed by atoms with Crippen molar-refractivity contribution in [3.05, 3.63) is 80.6 Å². The van der Waals surface area contributed by atoms with Gasteiger partial charge in [-0.2, -0.15) is 0 Å². The van der Waals surface area contributed by atoms with Crippen molar-refractivity contribution in [3.63, 3.8) is 0 Å². The molecule has 3 heterocycles. The molecule has 1 saturated heterocycles. The number of fused-ring (bicyclic) bond motifs is 1. The van der Waals surface area contributed by atoms with E-state index in [1.54, 1.807) is 29.3 Å². The predicted octanol–water partition coefficient (Wildman–Crippen LogP) is 4.61. The minimum Gasteiger partial charge on any atom is -0.365 e. The van der Waals surface area contributed by atoms with Crippen LogP contribution in [0.2, 0.25) is 0 Å². The molecule has 0 radical (unpaired) electrons. The van der Waals surface area contributed by atoms with Gasteiger partial charge in [-0.25, -0.2) is 4.98 Å². The number of anilines is 1. The van der Waals surface area contributed by atoms with Gasteiger partial charge < -0.3 is 5.32 Å². The van der Waals surface area contributed by atoms with Crippen LogP contribution in [-0.2, 0) is 11.3 Å². The fourth-order valence-corrected chi connectivity index (χ4v) is 4.88. The molecule has 6 nitrogen and oxygen atoms in total. The summed E-state index contributed by atoms with van der Waals surface area (Å²) in [5.41, 5.74) is 2.88. The molecule has 1 N–H and O–H groups in total. The Kier molecular flexibility index (Phi) is 6.43. The molecule has 1 aliphatic heterocycles. The number of nitrogens with one attached hydrogen (secondary N) is 1. The number of benzene rings is 1.